The molecule has 0 atom stereocenters. The van der Waals surface area contributed by atoms with Crippen LogP contribution < -0.4 is 5.73 Å². The maximum absolute atomic E-state index is 5.97. The highest BCUT2D eigenvalue weighted by Crippen LogP contribution is 2.44. The summed E-state index contributed by atoms with van der Waals surface area (Å²) < 4.78 is 1.77. The SMILES string of the molecule is Cn1cc(-c2nc(C3CC3)sc2N)cn1. The van der Waals surface area contributed by atoms with Gasteiger partial charge in [-0.25, -0.2) is 4.98 Å². The topological polar surface area (TPSA) is 56.7 Å². The van der Waals surface area contributed by atoms with Crippen molar-refractivity contribution >= 4 is 16.3 Å². The molecule has 2 heterocycles. The van der Waals surface area contributed by atoms with Crippen LogP contribution in [0, 0.1) is 0 Å². The molecule has 0 aliphatic heterocycles. The number of anilines is 1. The van der Waals surface area contributed by atoms with Crippen LogP contribution in [-0.4, -0.2) is 14.8 Å². The molecule has 2 aromatic heterocycles. The van der Waals surface area contributed by atoms with Crippen LogP contribution >= 0.6 is 11.3 Å². The Kier molecular flexibility index (Phi) is 1.82. The van der Waals surface area contributed by atoms with E-state index in [1.54, 1.807) is 16.0 Å². The second-order valence-electron chi connectivity index (χ2n) is 3.94. The third-order valence-corrected chi connectivity index (χ3v) is 3.62. The summed E-state index contributed by atoms with van der Waals surface area (Å²) in [6.07, 6.45) is 6.28. The highest BCUT2D eigenvalue weighted by Gasteiger charge is 2.28. The van der Waals surface area contributed by atoms with Crippen molar-refractivity contribution in [3.05, 3.63) is 17.4 Å². The lowest BCUT2D eigenvalue weighted by atomic mass is 10.3. The van der Waals surface area contributed by atoms with Gasteiger partial charge in [0.1, 0.15) is 10.7 Å². The molecule has 0 saturated heterocycles. The van der Waals surface area contributed by atoms with Gasteiger partial charge in [0.2, 0.25) is 0 Å². The number of hydrogen-bond donors (Lipinski definition) is 1. The van der Waals surface area contributed by atoms with E-state index in [4.69, 9.17) is 5.73 Å². The van der Waals surface area contributed by atoms with Gasteiger partial charge >= 0.3 is 0 Å². The minimum absolute atomic E-state index is 0.669. The van der Waals surface area contributed by atoms with Crippen LogP contribution in [-0.2, 0) is 7.05 Å². The van der Waals surface area contributed by atoms with Crippen LogP contribution in [0.1, 0.15) is 23.8 Å². The molecule has 0 amide bonds. The molecule has 0 unspecified atom stereocenters. The lowest BCUT2D eigenvalue weighted by molar-refractivity contribution is 0.768. The molecule has 2 aromatic rings. The summed E-state index contributed by atoms with van der Waals surface area (Å²) in [5, 5.41) is 6.13. The van der Waals surface area contributed by atoms with Crippen molar-refractivity contribution in [3.63, 3.8) is 0 Å². The maximum Gasteiger partial charge on any atom is 0.114 e. The van der Waals surface area contributed by atoms with E-state index in [9.17, 15) is 0 Å². The summed E-state index contributed by atoms with van der Waals surface area (Å²) in [5.74, 6) is 0.669. The van der Waals surface area contributed by atoms with Crippen LogP contribution in [0.5, 0.6) is 0 Å². The third kappa shape index (κ3) is 1.52. The maximum atomic E-state index is 5.97. The normalized spacial score (nSPS) is 15.8. The zero-order valence-corrected chi connectivity index (χ0v) is 9.29. The van der Waals surface area contributed by atoms with Crippen LogP contribution in [0.2, 0.25) is 0 Å². The molecule has 4 nitrogen and oxygen atoms in total. The Morgan fingerprint density at radius 1 is 1.53 bits per heavy atom. The van der Waals surface area contributed by atoms with Gasteiger partial charge in [-0.05, 0) is 12.8 Å². The Labute approximate surface area is 91.7 Å². The molecule has 0 spiro atoms. The van der Waals surface area contributed by atoms with E-state index in [1.165, 1.54) is 17.8 Å². The van der Waals surface area contributed by atoms with Gasteiger partial charge in [0.15, 0.2) is 0 Å². The fourth-order valence-electron chi connectivity index (χ4n) is 1.60. The minimum Gasteiger partial charge on any atom is -0.389 e. The van der Waals surface area contributed by atoms with Crippen molar-refractivity contribution in [1.29, 1.82) is 0 Å². The Hall–Kier alpha value is -1.36. The van der Waals surface area contributed by atoms with Crippen molar-refractivity contribution in [3.8, 4) is 11.3 Å². The number of aromatic nitrogens is 3. The van der Waals surface area contributed by atoms with E-state index in [-0.39, 0.29) is 0 Å². The molecular weight excluding hydrogens is 208 g/mol. The summed E-state index contributed by atoms with van der Waals surface area (Å²) >= 11 is 1.62. The molecule has 3 rings (SSSR count). The predicted molar refractivity (Wildman–Crippen MR) is 60.7 cm³/mol. The highest BCUT2D eigenvalue weighted by molar-refractivity contribution is 7.16. The van der Waals surface area contributed by atoms with Crippen molar-refractivity contribution in [1.82, 2.24) is 14.8 Å². The smallest absolute Gasteiger partial charge is 0.114 e. The van der Waals surface area contributed by atoms with E-state index in [2.05, 4.69) is 10.1 Å². The Balaban J connectivity index is 2.03. The van der Waals surface area contributed by atoms with E-state index in [0.29, 0.717) is 5.92 Å². The standard InChI is InChI=1S/C10H12N4S/c1-14-5-7(4-12-14)8-9(11)15-10(13-8)6-2-3-6/h4-6H,2-3,11H2,1H3. The van der Waals surface area contributed by atoms with E-state index >= 15 is 0 Å². The zero-order chi connectivity index (χ0) is 10.4. The first kappa shape index (κ1) is 8.91. The van der Waals surface area contributed by atoms with Gasteiger partial charge in [-0.1, -0.05) is 0 Å². The van der Waals surface area contributed by atoms with Crippen molar-refractivity contribution in [2.45, 2.75) is 18.8 Å². The zero-order valence-electron chi connectivity index (χ0n) is 8.47. The van der Waals surface area contributed by atoms with Gasteiger partial charge in [-0.15, -0.1) is 11.3 Å². The van der Waals surface area contributed by atoms with Gasteiger partial charge in [0, 0.05) is 24.7 Å². The Morgan fingerprint density at radius 3 is 2.93 bits per heavy atom. The first-order valence-electron chi connectivity index (χ1n) is 4.99. The van der Waals surface area contributed by atoms with Crippen molar-refractivity contribution in [2.24, 2.45) is 7.05 Å². The minimum atomic E-state index is 0.669. The lowest BCUT2D eigenvalue weighted by Crippen LogP contribution is -1.86. The molecule has 0 bridgehead atoms. The molecular formula is C10H12N4S. The van der Waals surface area contributed by atoms with E-state index in [1.807, 2.05) is 19.4 Å². The summed E-state index contributed by atoms with van der Waals surface area (Å²) in [6, 6.07) is 0. The van der Waals surface area contributed by atoms with Crippen LogP contribution in [0.15, 0.2) is 12.4 Å². The second-order valence-corrected chi connectivity index (χ2v) is 5.00. The first-order valence-corrected chi connectivity index (χ1v) is 5.81. The number of rotatable bonds is 2. The van der Waals surface area contributed by atoms with Gasteiger partial charge in [-0.3, -0.25) is 4.68 Å². The second kappa shape index (κ2) is 3.06. The molecule has 0 aromatic carbocycles. The molecule has 5 heteroatoms. The van der Waals surface area contributed by atoms with Crippen molar-refractivity contribution < 1.29 is 0 Å². The molecule has 1 saturated carbocycles. The molecule has 1 aliphatic rings. The predicted octanol–water partition coefficient (Wildman–Crippen LogP) is 2.00. The molecule has 2 N–H and O–H groups in total. The fourth-order valence-corrected chi connectivity index (χ4v) is 2.63. The van der Waals surface area contributed by atoms with Crippen molar-refractivity contribution in [2.75, 3.05) is 5.73 Å². The molecule has 78 valence electrons. The highest BCUT2D eigenvalue weighted by atomic mass is 32.1. The Morgan fingerprint density at radius 2 is 2.33 bits per heavy atom. The monoisotopic (exact) mass is 220 g/mol. The number of hydrogen-bond acceptors (Lipinski definition) is 4. The molecule has 1 aliphatic carbocycles. The Bertz CT molecular complexity index is 495. The van der Waals surface area contributed by atoms with Gasteiger partial charge in [-0.2, -0.15) is 5.10 Å². The van der Waals surface area contributed by atoms with Gasteiger partial charge < -0.3 is 5.73 Å². The third-order valence-electron chi connectivity index (χ3n) is 2.57. The fraction of sp³-hybridized carbons (Fsp3) is 0.400. The van der Waals surface area contributed by atoms with Gasteiger partial charge in [0.25, 0.3) is 0 Å². The quantitative estimate of drug-likeness (QED) is 0.842. The number of nitrogens with zero attached hydrogens (tertiary/aromatic N) is 3. The number of nitrogens with two attached hydrogens (primary N) is 1. The number of nitrogen functional groups attached to an aromatic ring is 1. The average Bonchev–Trinajstić information content (AvgIpc) is 2.86. The van der Waals surface area contributed by atoms with Crippen LogP contribution in [0.3, 0.4) is 0 Å². The summed E-state index contributed by atoms with van der Waals surface area (Å²) in [5.41, 5.74) is 7.88. The average molecular weight is 220 g/mol. The first-order chi connectivity index (χ1) is 7.24. The molecule has 0 radical (unpaired) electrons. The van der Waals surface area contributed by atoms with E-state index in [0.717, 1.165) is 16.3 Å². The number of aryl methyl sites for hydroxylation is 1. The summed E-state index contributed by atoms with van der Waals surface area (Å²) in [7, 11) is 1.90. The summed E-state index contributed by atoms with van der Waals surface area (Å²) in [6.45, 7) is 0. The largest absolute Gasteiger partial charge is 0.389 e. The lowest BCUT2D eigenvalue weighted by Gasteiger charge is -1.90. The molecule has 1 fully saturated rings. The van der Waals surface area contributed by atoms with E-state index < -0.39 is 0 Å². The van der Waals surface area contributed by atoms with Crippen LogP contribution in [0.4, 0.5) is 5.00 Å². The summed E-state index contributed by atoms with van der Waals surface area (Å²) in [4.78, 5) is 4.60. The molecule has 15 heavy (non-hydrogen) atoms. The van der Waals surface area contributed by atoms with Crippen LogP contribution in [0.25, 0.3) is 11.3 Å². The number of thiazole rings is 1. The van der Waals surface area contributed by atoms with Gasteiger partial charge in [0.05, 0.1) is 11.2 Å².